The standard InChI is InChI=1S/C17H16N2O3/c1-2-11-5-6-14-13(8-11)17(22,16(21)19-14)9-15(20)12-4-3-7-18-10-12/h3-8,10,22H,2,9H2,1H3,(H,19,21). The highest BCUT2D eigenvalue weighted by atomic mass is 16.3. The second-order valence-corrected chi connectivity index (χ2v) is 5.39. The van der Waals surface area contributed by atoms with Crippen molar-refractivity contribution in [3.8, 4) is 0 Å². The number of rotatable bonds is 4. The highest BCUT2D eigenvalue weighted by Gasteiger charge is 2.46. The molecule has 0 fully saturated rings. The second kappa shape index (κ2) is 5.35. The van der Waals surface area contributed by atoms with Crippen LogP contribution in [0.4, 0.5) is 5.69 Å². The summed E-state index contributed by atoms with van der Waals surface area (Å²) in [5.74, 6) is -0.881. The lowest BCUT2D eigenvalue weighted by atomic mass is 9.87. The largest absolute Gasteiger partial charge is 0.375 e. The molecule has 1 aliphatic heterocycles. The molecule has 3 rings (SSSR count). The second-order valence-electron chi connectivity index (χ2n) is 5.39. The number of carbonyl (C=O) groups excluding carboxylic acids is 2. The molecule has 112 valence electrons. The van der Waals surface area contributed by atoms with Crippen LogP contribution < -0.4 is 5.32 Å². The summed E-state index contributed by atoms with van der Waals surface area (Å²) >= 11 is 0. The first-order valence-electron chi connectivity index (χ1n) is 7.15. The topological polar surface area (TPSA) is 79.3 Å². The van der Waals surface area contributed by atoms with Crippen LogP contribution in [0.25, 0.3) is 0 Å². The van der Waals surface area contributed by atoms with E-state index in [1.165, 1.54) is 6.20 Å². The molecule has 5 nitrogen and oxygen atoms in total. The molecular formula is C17H16N2O3. The Kier molecular flexibility index (Phi) is 3.50. The number of Topliss-reactive ketones (excluding diaryl/α,β-unsaturated/α-hetero) is 1. The zero-order valence-corrected chi connectivity index (χ0v) is 12.2. The monoisotopic (exact) mass is 296 g/mol. The number of aliphatic hydroxyl groups is 1. The first kappa shape index (κ1) is 14.4. The summed E-state index contributed by atoms with van der Waals surface area (Å²) in [7, 11) is 0. The van der Waals surface area contributed by atoms with Gasteiger partial charge in [-0.1, -0.05) is 19.1 Å². The number of pyridine rings is 1. The normalized spacial score (nSPS) is 19.6. The van der Waals surface area contributed by atoms with Crippen LogP contribution in [-0.4, -0.2) is 21.8 Å². The molecule has 1 atom stereocenters. The van der Waals surface area contributed by atoms with Gasteiger partial charge in [0.2, 0.25) is 0 Å². The van der Waals surface area contributed by atoms with E-state index >= 15 is 0 Å². The molecular weight excluding hydrogens is 280 g/mol. The van der Waals surface area contributed by atoms with Crippen molar-refractivity contribution in [2.45, 2.75) is 25.4 Å². The van der Waals surface area contributed by atoms with Gasteiger partial charge < -0.3 is 10.4 Å². The lowest BCUT2D eigenvalue weighted by Crippen LogP contribution is -2.36. The van der Waals surface area contributed by atoms with Gasteiger partial charge in [0.15, 0.2) is 11.4 Å². The molecule has 0 saturated heterocycles. The molecule has 0 saturated carbocycles. The van der Waals surface area contributed by atoms with Crippen molar-refractivity contribution in [2.75, 3.05) is 5.32 Å². The van der Waals surface area contributed by atoms with Crippen molar-refractivity contribution in [1.29, 1.82) is 0 Å². The predicted octanol–water partition coefficient (Wildman–Crippen LogP) is 2.06. The van der Waals surface area contributed by atoms with Crippen LogP contribution in [0.2, 0.25) is 0 Å². The minimum Gasteiger partial charge on any atom is -0.375 e. The third-order valence-electron chi connectivity index (χ3n) is 3.96. The van der Waals surface area contributed by atoms with E-state index < -0.39 is 11.5 Å². The van der Waals surface area contributed by atoms with E-state index in [9.17, 15) is 14.7 Å². The van der Waals surface area contributed by atoms with Gasteiger partial charge >= 0.3 is 0 Å². The number of amides is 1. The molecule has 2 aromatic rings. The molecule has 1 aromatic heterocycles. The number of carbonyl (C=O) groups is 2. The average molecular weight is 296 g/mol. The molecule has 1 aliphatic rings. The van der Waals surface area contributed by atoms with Crippen molar-refractivity contribution < 1.29 is 14.7 Å². The van der Waals surface area contributed by atoms with E-state index in [0.717, 1.165) is 12.0 Å². The first-order valence-corrected chi connectivity index (χ1v) is 7.15. The summed E-state index contributed by atoms with van der Waals surface area (Å²) in [5, 5.41) is 13.4. The predicted molar refractivity (Wildman–Crippen MR) is 81.5 cm³/mol. The fourth-order valence-corrected chi connectivity index (χ4v) is 2.65. The number of nitrogens with one attached hydrogen (secondary N) is 1. The van der Waals surface area contributed by atoms with Crippen LogP contribution in [0.5, 0.6) is 0 Å². The number of anilines is 1. The molecule has 1 aromatic carbocycles. The van der Waals surface area contributed by atoms with Gasteiger partial charge in [0.05, 0.1) is 6.42 Å². The van der Waals surface area contributed by atoms with Crippen molar-refractivity contribution in [2.24, 2.45) is 0 Å². The van der Waals surface area contributed by atoms with Gasteiger partial charge in [-0.15, -0.1) is 0 Å². The number of ketones is 1. The summed E-state index contributed by atoms with van der Waals surface area (Å²) < 4.78 is 0. The van der Waals surface area contributed by atoms with Crippen molar-refractivity contribution in [3.05, 3.63) is 59.4 Å². The van der Waals surface area contributed by atoms with E-state index in [0.29, 0.717) is 16.8 Å². The van der Waals surface area contributed by atoms with E-state index in [-0.39, 0.29) is 12.2 Å². The van der Waals surface area contributed by atoms with Crippen LogP contribution >= 0.6 is 0 Å². The lowest BCUT2D eigenvalue weighted by molar-refractivity contribution is -0.133. The number of aromatic nitrogens is 1. The van der Waals surface area contributed by atoms with E-state index in [4.69, 9.17) is 0 Å². The van der Waals surface area contributed by atoms with Crippen LogP contribution in [0.1, 0.15) is 34.8 Å². The summed E-state index contributed by atoms with van der Waals surface area (Å²) in [6, 6.07) is 8.71. The van der Waals surface area contributed by atoms with E-state index in [2.05, 4.69) is 10.3 Å². The molecule has 22 heavy (non-hydrogen) atoms. The Labute approximate surface area is 128 Å². The Morgan fingerprint density at radius 1 is 1.36 bits per heavy atom. The molecule has 2 heterocycles. The Bertz CT molecular complexity index is 743. The summed E-state index contributed by atoms with van der Waals surface area (Å²) in [6.45, 7) is 1.99. The minimum atomic E-state index is -1.83. The van der Waals surface area contributed by atoms with Crippen LogP contribution in [0, 0.1) is 0 Å². The van der Waals surface area contributed by atoms with E-state index in [1.807, 2.05) is 13.0 Å². The lowest BCUT2D eigenvalue weighted by Gasteiger charge is -2.20. The van der Waals surface area contributed by atoms with Crippen molar-refractivity contribution in [1.82, 2.24) is 4.98 Å². The van der Waals surface area contributed by atoms with Crippen LogP contribution in [-0.2, 0) is 16.8 Å². The Morgan fingerprint density at radius 3 is 2.86 bits per heavy atom. The van der Waals surface area contributed by atoms with Crippen molar-refractivity contribution >= 4 is 17.4 Å². The van der Waals surface area contributed by atoms with Gasteiger partial charge in [-0.3, -0.25) is 14.6 Å². The number of benzene rings is 1. The van der Waals surface area contributed by atoms with Gasteiger partial charge in [0.1, 0.15) is 0 Å². The number of aryl methyl sites for hydroxylation is 1. The van der Waals surface area contributed by atoms with E-state index in [1.54, 1.807) is 30.5 Å². The fraction of sp³-hybridized carbons (Fsp3) is 0.235. The van der Waals surface area contributed by atoms with Crippen LogP contribution in [0.3, 0.4) is 0 Å². The van der Waals surface area contributed by atoms with Gasteiger partial charge in [0, 0.05) is 29.2 Å². The third-order valence-corrected chi connectivity index (χ3v) is 3.96. The minimum absolute atomic E-state index is 0.301. The van der Waals surface area contributed by atoms with Gasteiger partial charge in [-0.2, -0.15) is 0 Å². The maximum atomic E-state index is 12.3. The van der Waals surface area contributed by atoms with Gasteiger partial charge in [0.25, 0.3) is 5.91 Å². The number of nitrogens with zero attached hydrogens (tertiary/aromatic N) is 1. The molecule has 0 radical (unpaired) electrons. The molecule has 5 heteroatoms. The maximum absolute atomic E-state index is 12.3. The Hall–Kier alpha value is -2.53. The maximum Gasteiger partial charge on any atom is 0.261 e. The van der Waals surface area contributed by atoms with Gasteiger partial charge in [-0.25, -0.2) is 0 Å². The molecule has 2 N–H and O–H groups in total. The SMILES string of the molecule is CCc1ccc2c(c1)C(O)(CC(=O)c1cccnc1)C(=O)N2. The summed E-state index contributed by atoms with van der Waals surface area (Å²) in [6.07, 6.45) is 3.48. The molecule has 1 amide bonds. The average Bonchev–Trinajstić information content (AvgIpc) is 2.79. The number of hydrogen-bond acceptors (Lipinski definition) is 4. The highest BCUT2D eigenvalue weighted by Crippen LogP contribution is 2.39. The number of fused-ring (bicyclic) bond motifs is 1. The quantitative estimate of drug-likeness (QED) is 0.846. The Balaban J connectivity index is 1.96. The van der Waals surface area contributed by atoms with Crippen LogP contribution in [0.15, 0.2) is 42.7 Å². The molecule has 0 aliphatic carbocycles. The first-order chi connectivity index (χ1) is 10.5. The molecule has 0 bridgehead atoms. The van der Waals surface area contributed by atoms with Crippen molar-refractivity contribution in [3.63, 3.8) is 0 Å². The third kappa shape index (κ3) is 2.29. The number of hydrogen-bond donors (Lipinski definition) is 2. The highest BCUT2D eigenvalue weighted by molar-refractivity contribution is 6.09. The zero-order valence-electron chi connectivity index (χ0n) is 12.2. The zero-order chi connectivity index (χ0) is 15.7. The Morgan fingerprint density at radius 2 is 2.18 bits per heavy atom. The summed E-state index contributed by atoms with van der Waals surface area (Å²) in [5.41, 5.74) is 0.581. The summed E-state index contributed by atoms with van der Waals surface area (Å²) in [4.78, 5) is 28.4. The fourth-order valence-electron chi connectivity index (χ4n) is 2.65. The van der Waals surface area contributed by atoms with Gasteiger partial charge in [-0.05, 0) is 30.2 Å². The molecule has 1 unspecified atom stereocenters. The molecule has 0 spiro atoms. The smallest absolute Gasteiger partial charge is 0.261 e.